The van der Waals surface area contributed by atoms with Crippen LogP contribution in [0.4, 0.5) is 5.69 Å². The molecule has 1 aromatic heterocycles. The molecule has 2 aromatic carbocycles. The van der Waals surface area contributed by atoms with Crippen molar-refractivity contribution in [3.63, 3.8) is 0 Å². The Balaban J connectivity index is 1.34. The molecule has 2 aliphatic heterocycles. The quantitative estimate of drug-likeness (QED) is 0.0917. The highest BCUT2D eigenvalue weighted by Crippen LogP contribution is 2.40. The van der Waals surface area contributed by atoms with Crippen LogP contribution < -0.4 is 5.32 Å². The van der Waals surface area contributed by atoms with Crippen molar-refractivity contribution in [2.24, 2.45) is 0 Å². The highest BCUT2D eigenvalue weighted by atomic mass is 32.2. The van der Waals surface area contributed by atoms with Gasteiger partial charge in [0.1, 0.15) is 25.1 Å². The van der Waals surface area contributed by atoms with Gasteiger partial charge in [-0.1, -0.05) is 60.4 Å². The summed E-state index contributed by atoms with van der Waals surface area (Å²) < 4.78 is 40.9. The molecular formula is C36H42N4O12S2. The van der Waals surface area contributed by atoms with Crippen LogP contribution in [0.1, 0.15) is 69.6 Å². The number of anilines is 1. The summed E-state index contributed by atoms with van der Waals surface area (Å²) in [7, 11) is 0. The van der Waals surface area contributed by atoms with E-state index in [1.54, 1.807) is 6.07 Å². The number of thioether (sulfide) groups is 1. The number of aromatic nitrogens is 3. The zero-order chi connectivity index (χ0) is 38.8. The number of thiocarbonyl (C=S) groups is 1. The van der Waals surface area contributed by atoms with Gasteiger partial charge < -0.3 is 43.6 Å². The molecule has 0 radical (unpaired) electrons. The second kappa shape index (κ2) is 19.2. The number of rotatable bonds is 14. The van der Waals surface area contributed by atoms with Gasteiger partial charge in [0.2, 0.25) is 0 Å². The highest BCUT2D eigenvalue weighted by Gasteiger charge is 2.52. The summed E-state index contributed by atoms with van der Waals surface area (Å²) in [4.78, 5) is 52.7. The molecule has 8 unspecified atom stereocenters. The van der Waals surface area contributed by atoms with Crippen LogP contribution in [0.25, 0.3) is 0 Å². The van der Waals surface area contributed by atoms with Crippen LogP contribution in [0.15, 0.2) is 60.0 Å². The lowest BCUT2D eigenvalue weighted by molar-refractivity contribution is -0.251. The first-order valence-corrected chi connectivity index (χ1v) is 18.5. The van der Waals surface area contributed by atoms with E-state index in [9.17, 15) is 24.3 Å². The minimum atomic E-state index is -1.30. The van der Waals surface area contributed by atoms with Gasteiger partial charge in [0.25, 0.3) is 0 Å². The Morgan fingerprint density at radius 1 is 0.889 bits per heavy atom. The van der Waals surface area contributed by atoms with E-state index in [1.807, 2.05) is 42.5 Å². The van der Waals surface area contributed by atoms with Crippen LogP contribution in [-0.4, -0.2) is 98.1 Å². The van der Waals surface area contributed by atoms with Crippen LogP contribution in [-0.2, 0) is 58.9 Å². The molecule has 0 aliphatic carbocycles. The second-order valence-electron chi connectivity index (χ2n) is 12.6. The summed E-state index contributed by atoms with van der Waals surface area (Å²) >= 11 is 7.23. The third-order valence-corrected chi connectivity index (χ3v) is 9.61. The Morgan fingerprint density at radius 3 is 2.20 bits per heavy atom. The molecule has 3 heterocycles. The topological polar surface area (TPSA) is 207 Å². The molecule has 8 atom stereocenters. The first kappa shape index (κ1) is 40.7. The maximum atomic E-state index is 12.3. The van der Waals surface area contributed by atoms with Gasteiger partial charge in [-0.15, -0.1) is 0 Å². The summed E-state index contributed by atoms with van der Waals surface area (Å²) in [5.41, 5.74) is 3.03. The smallest absolute Gasteiger partial charge is 0.303 e. The molecule has 0 amide bonds. The van der Waals surface area contributed by atoms with Gasteiger partial charge in [0.15, 0.2) is 29.8 Å². The van der Waals surface area contributed by atoms with Crippen molar-refractivity contribution < 1.29 is 57.4 Å². The van der Waals surface area contributed by atoms with E-state index >= 15 is 0 Å². The molecule has 2 saturated heterocycles. The maximum absolute atomic E-state index is 12.3. The van der Waals surface area contributed by atoms with Gasteiger partial charge in [-0.25, -0.2) is 4.98 Å². The SMILES string of the molecule is CC(=O)OCC1OC(CC(=S)Nc2cccc(C3OC(CSc4ncn[nH]4)CC(c4ccc(CO)cc4)O3)c2)C(OC(C)=O)C(OC(C)=O)C1OC(C)=O. The average molecular weight is 787 g/mol. The van der Waals surface area contributed by atoms with Gasteiger partial charge in [-0.05, 0) is 23.3 Å². The fraction of sp³-hybridized carbons (Fsp3) is 0.472. The number of aliphatic hydroxyl groups is 1. The van der Waals surface area contributed by atoms with Gasteiger partial charge in [-0.2, -0.15) is 5.10 Å². The number of nitrogens with one attached hydrogen (secondary N) is 2. The number of aliphatic hydroxyl groups excluding tert-OH is 1. The van der Waals surface area contributed by atoms with Crippen molar-refractivity contribution in [1.82, 2.24) is 15.2 Å². The van der Waals surface area contributed by atoms with Crippen molar-refractivity contribution in [1.29, 1.82) is 0 Å². The Labute approximate surface area is 320 Å². The van der Waals surface area contributed by atoms with Crippen LogP contribution >= 0.6 is 24.0 Å². The molecule has 54 heavy (non-hydrogen) atoms. The average Bonchev–Trinajstić information content (AvgIpc) is 3.66. The molecule has 0 saturated carbocycles. The minimum Gasteiger partial charge on any atom is -0.463 e. The van der Waals surface area contributed by atoms with E-state index in [0.717, 1.165) is 25.0 Å². The molecule has 2 aliphatic rings. The zero-order valence-electron chi connectivity index (χ0n) is 30.0. The van der Waals surface area contributed by atoms with E-state index in [1.165, 1.54) is 31.9 Å². The third kappa shape index (κ3) is 11.5. The minimum absolute atomic E-state index is 0.0398. The normalized spacial score (nSPS) is 25.2. The summed E-state index contributed by atoms with van der Waals surface area (Å²) in [6.45, 7) is 4.29. The summed E-state index contributed by atoms with van der Waals surface area (Å²) in [6.07, 6.45) is -5.21. The number of hydrogen-bond donors (Lipinski definition) is 3. The van der Waals surface area contributed by atoms with Crippen molar-refractivity contribution in [2.75, 3.05) is 17.7 Å². The summed E-state index contributed by atoms with van der Waals surface area (Å²) in [6, 6.07) is 14.9. The Bertz CT molecular complexity index is 1760. The number of nitrogens with zero attached hydrogens (tertiary/aromatic N) is 2. The van der Waals surface area contributed by atoms with Crippen molar-refractivity contribution >= 4 is 58.5 Å². The van der Waals surface area contributed by atoms with Crippen LogP contribution in [0.5, 0.6) is 0 Å². The van der Waals surface area contributed by atoms with Crippen LogP contribution in [0.2, 0.25) is 0 Å². The number of carbonyl (C=O) groups excluding carboxylic acids is 4. The Kier molecular flexibility index (Phi) is 14.5. The van der Waals surface area contributed by atoms with Crippen molar-refractivity contribution in [3.8, 4) is 0 Å². The van der Waals surface area contributed by atoms with E-state index < -0.39 is 60.7 Å². The lowest BCUT2D eigenvalue weighted by Gasteiger charge is -2.44. The van der Waals surface area contributed by atoms with Crippen molar-refractivity contribution in [2.45, 2.75) is 101 Å². The number of ether oxygens (including phenoxy) is 7. The van der Waals surface area contributed by atoms with E-state index in [4.69, 9.17) is 45.4 Å². The molecule has 3 aromatic rings. The molecular weight excluding hydrogens is 745 g/mol. The lowest BCUT2D eigenvalue weighted by Crippen LogP contribution is -2.62. The first-order valence-electron chi connectivity index (χ1n) is 17.1. The van der Waals surface area contributed by atoms with Crippen LogP contribution in [0, 0.1) is 0 Å². The summed E-state index contributed by atoms with van der Waals surface area (Å²) in [5.74, 6) is -2.18. The maximum Gasteiger partial charge on any atom is 0.303 e. The molecule has 290 valence electrons. The number of esters is 4. The predicted molar refractivity (Wildman–Crippen MR) is 195 cm³/mol. The van der Waals surface area contributed by atoms with E-state index in [2.05, 4.69) is 20.5 Å². The standard InChI is InChI=1S/C36H42N4O12S2/c1-19(42)46-16-30-33(48-21(3)44)34(49-22(4)45)32(47-20(2)43)29(51-30)14-31(53)39-26-7-5-6-25(12-26)35-50-27(17-54-36-37-18-38-40-36)13-28(52-35)24-10-8-23(15-41)9-11-24/h5-12,18,27-30,32-35,41H,13-17H2,1-4H3,(H,39,53)(H,37,38,40). The van der Waals surface area contributed by atoms with Gasteiger partial charge >= 0.3 is 23.9 Å². The number of carbonyl (C=O) groups is 4. The molecule has 18 heteroatoms. The second-order valence-corrected chi connectivity index (χ2v) is 14.1. The number of aromatic amines is 1. The van der Waals surface area contributed by atoms with Crippen LogP contribution in [0.3, 0.4) is 0 Å². The van der Waals surface area contributed by atoms with E-state index in [-0.39, 0.29) is 36.8 Å². The molecule has 5 rings (SSSR count). The monoisotopic (exact) mass is 786 g/mol. The number of hydrogen-bond acceptors (Lipinski definition) is 16. The van der Waals surface area contributed by atoms with Gasteiger partial charge in [-0.3, -0.25) is 24.3 Å². The number of H-pyrrole nitrogens is 1. The lowest BCUT2D eigenvalue weighted by atomic mass is 9.92. The fourth-order valence-corrected chi connectivity index (χ4v) is 7.18. The third-order valence-electron chi connectivity index (χ3n) is 8.33. The molecule has 0 bridgehead atoms. The zero-order valence-corrected chi connectivity index (χ0v) is 31.6. The number of benzene rings is 2. The van der Waals surface area contributed by atoms with E-state index in [0.29, 0.717) is 28.6 Å². The molecule has 2 fully saturated rings. The highest BCUT2D eigenvalue weighted by molar-refractivity contribution is 7.99. The molecule has 16 nitrogen and oxygen atoms in total. The Morgan fingerprint density at radius 2 is 1.57 bits per heavy atom. The Hall–Kier alpha value is -4.46. The van der Waals surface area contributed by atoms with Gasteiger partial charge in [0.05, 0.1) is 23.8 Å². The largest absolute Gasteiger partial charge is 0.463 e. The summed E-state index contributed by atoms with van der Waals surface area (Å²) in [5, 5.41) is 20.2. The predicted octanol–water partition coefficient (Wildman–Crippen LogP) is 3.89. The first-order chi connectivity index (χ1) is 25.9. The fourth-order valence-electron chi connectivity index (χ4n) is 6.10. The molecule has 3 N–H and O–H groups in total. The van der Waals surface area contributed by atoms with Crippen molar-refractivity contribution in [3.05, 3.63) is 71.5 Å². The van der Waals surface area contributed by atoms with Gasteiger partial charge in [0, 0.05) is 57.5 Å². The molecule has 0 spiro atoms.